The molecule has 0 spiro atoms. The Morgan fingerprint density at radius 3 is 0.923 bits per heavy atom. The molecule has 0 heterocycles. The summed E-state index contributed by atoms with van der Waals surface area (Å²) in [6.45, 7) is 0. The van der Waals surface area contributed by atoms with Gasteiger partial charge in [-0.3, -0.25) is 0 Å². The van der Waals surface area contributed by atoms with E-state index < -0.39 is 0 Å². The van der Waals surface area contributed by atoms with Crippen LogP contribution in [0.2, 0.25) is 0 Å². The molecule has 0 saturated carbocycles. The van der Waals surface area contributed by atoms with E-state index in [9.17, 15) is 0 Å². The number of benzene rings is 12. The van der Waals surface area contributed by atoms with Crippen molar-refractivity contribution in [3.63, 3.8) is 0 Å². The van der Waals surface area contributed by atoms with Gasteiger partial charge in [-0.15, -0.1) is 0 Å². The maximum Gasteiger partial charge on any atom is 0.0624 e. The van der Waals surface area contributed by atoms with Crippen molar-refractivity contribution in [2.75, 3.05) is 4.90 Å². The fourth-order valence-corrected chi connectivity index (χ4v) is 10.1. The second-order valence-corrected chi connectivity index (χ2v) is 16.8. The fraction of sp³-hybridized carbons (Fsp3) is 0. The average Bonchev–Trinajstić information content (AvgIpc) is 3.39. The summed E-state index contributed by atoms with van der Waals surface area (Å²) in [6.07, 6.45) is 0. The Labute approximate surface area is 379 Å². The van der Waals surface area contributed by atoms with Gasteiger partial charge in [-0.25, -0.2) is 0 Å². The molecule has 0 fully saturated rings. The van der Waals surface area contributed by atoms with E-state index in [1.807, 2.05) is 0 Å². The molecule has 0 aliphatic heterocycles. The number of hydrogen-bond donors (Lipinski definition) is 0. The van der Waals surface area contributed by atoms with Crippen molar-refractivity contribution in [2.45, 2.75) is 0 Å². The molecular weight excluding hydrogens is 783 g/mol. The molecule has 1 nitrogen and oxygen atoms in total. The van der Waals surface area contributed by atoms with Gasteiger partial charge in [0.1, 0.15) is 0 Å². The molecule has 0 N–H and O–H groups in total. The molecule has 0 unspecified atom stereocenters. The maximum atomic E-state index is 2.52. The van der Waals surface area contributed by atoms with E-state index in [2.05, 4.69) is 266 Å². The summed E-state index contributed by atoms with van der Waals surface area (Å²) in [5.74, 6) is 0. The van der Waals surface area contributed by atoms with E-state index in [0.717, 1.165) is 17.1 Å². The number of hydrogen-bond acceptors (Lipinski definition) is 1. The summed E-state index contributed by atoms with van der Waals surface area (Å²) in [6, 6.07) is 95.4. The highest BCUT2D eigenvalue weighted by atomic mass is 15.1. The van der Waals surface area contributed by atoms with Gasteiger partial charge in [-0.2, -0.15) is 0 Å². The second-order valence-electron chi connectivity index (χ2n) is 16.8. The molecule has 0 atom stereocenters. The molecular formula is C64H43N. The van der Waals surface area contributed by atoms with E-state index in [0.29, 0.717) is 0 Å². The first-order valence-electron chi connectivity index (χ1n) is 22.4. The van der Waals surface area contributed by atoms with Crippen LogP contribution in [-0.4, -0.2) is 0 Å². The van der Waals surface area contributed by atoms with Gasteiger partial charge < -0.3 is 4.90 Å². The Morgan fingerprint density at radius 1 is 0.185 bits per heavy atom. The average molecular weight is 826 g/mol. The van der Waals surface area contributed by atoms with E-state index in [-0.39, 0.29) is 0 Å². The third-order valence-corrected chi connectivity index (χ3v) is 13.0. The predicted octanol–water partition coefficient (Wildman–Crippen LogP) is 18.1. The van der Waals surface area contributed by atoms with Crippen LogP contribution < -0.4 is 4.90 Å². The minimum Gasteiger partial charge on any atom is -0.309 e. The van der Waals surface area contributed by atoms with Crippen LogP contribution in [0.4, 0.5) is 17.1 Å². The standard InChI is InChI=1S/C64H43N/c1-6-20-44(21-7-1)46-34-38-49(39-35-46)61-54-31-17-18-32-55(54)62(50-40-36-47(37-41-50)45-22-8-2-9-23-45)60-43-58-57(42-59(60)61)53-30-16-19-33-56(53)64(63(58)48-24-10-3-11-25-48)65(51-26-12-4-13-27-51)52-28-14-5-15-29-52/h1-43H. The van der Waals surface area contributed by atoms with Gasteiger partial charge in [0.25, 0.3) is 0 Å². The van der Waals surface area contributed by atoms with Gasteiger partial charge in [0, 0.05) is 22.3 Å². The molecule has 1 heteroatoms. The second kappa shape index (κ2) is 16.3. The summed E-state index contributed by atoms with van der Waals surface area (Å²) in [5, 5.41) is 9.74. The number of rotatable bonds is 8. The minimum absolute atomic E-state index is 1.10. The van der Waals surface area contributed by atoms with Crippen LogP contribution in [0.5, 0.6) is 0 Å². The summed E-state index contributed by atoms with van der Waals surface area (Å²) < 4.78 is 0. The van der Waals surface area contributed by atoms with Crippen LogP contribution in [0.25, 0.3) is 98.7 Å². The molecule has 0 aliphatic rings. The van der Waals surface area contributed by atoms with Crippen molar-refractivity contribution in [1.82, 2.24) is 0 Å². The topological polar surface area (TPSA) is 3.24 Å². The third kappa shape index (κ3) is 6.74. The molecule has 0 aromatic heterocycles. The van der Waals surface area contributed by atoms with Gasteiger partial charge in [-0.1, -0.05) is 224 Å². The predicted molar refractivity (Wildman–Crippen MR) is 278 cm³/mol. The molecule has 0 saturated heterocycles. The molecule has 0 amide bonds. The van der Waals surface area contributed by atoms with Crippen molar-refractivity contribution >= 4 is 60.2 Å². The van der Waals surface area contributed by atoms with Crippen LogP contribution in [0.15, 0.2) is 261 Å². The highest BCUT2D eigenvalue weighted by molar-refractivity contribution is 6.29. The van der Waals surface area contributed by atoms with E-state index in [1.165, 1.54) is 98.7 Å². The zero-order valence-corrected chi connectivity index (χ0v) is 35.8. The Hall–Kier alpha value is -8.52. The molecule has 0 bridgehead atoms. The van der Waals surface area contributed by atoms with Gasteiger partial charge in [0.2, 0.25) is 0 Å². The van der Waals surface area contributed by atoms with Crippen molar-refractivity contribution < 1.29 is 0 Å². The molecule has 0 radical (unpaired) electrons. The first-order valence-corrected chi connectivity index (χ1v) is 22.4. The van der Waals surface area contributed by atoms with Gasteiger partial charge in [0.15, 0.2) is 0 Å². The summed E-state index contributed by atoms with van der Waals surface area (Å²) in [4.78, 5) is 2.46. The van der Waals surface area contributed by atoms with Gasteiger partial charge in [-0.05, 0) is 124 Å². The number of anilines is 3. The van der Waals surface area contributed by atoms with Gasteiger partial charge >= 0.3 is 0 Å². The molecule has 65 heavy (non-hydrogen) atoms. The van der Waals surface area contributed by atoms with Crippen molar-refractivity contribution in [3.05, 3.63) is 261 Å². The zero-order valence-electron chi connectivity index (χ0n) is 35.8. The summed E-state index contributed by atoms with van der Waals surface area (Å²) >= 11 is 0. The Balaban J connectivity index is 1.24. The SMILES string of the molecule is c1ccc(-c2ccc(-c3c4ccccc4c(-c4ccc(-c5ccccc5)cc4)c4cc5c(cc34)c(-c3ccccc3)c(N(c3ccccc3)c3ccccc3)c3ccccc35)cc2)cc1. The lowest BCUT2D eigenvalue weighted by Gasteiger charge is -2.31. The van der Waals surface area contributed by atoms with E-state index in [1.54, 1.807) is 0 Å². The largest absolute Gasteiger partial charge is 0.309 e. The number of fused-ring (bicyclic) bond motifs is 5. The lowest BCUT2D eigenvalue weighted by Crippen LogP contribution is -2.12. The smallest absolute Gasteiger partial charge is 0.0624 e. The molecule has 0 aliphatic carbocycles. The number of nitrogens with zero attached hydrogens (tertiary/aromatic N) is 1. The van der Waals surface area contributed by atoms with Crippen molar-refractivity contribution in [3.8, 4) is 55.6 Å². The Bertz CT molecular complexity index is 3600. The zero-order chi connectivity index (χ0) is 43.1. The van der Waals surface area contributed by atoms with Crippen LogP contribution in [-0.2, 0) is 0 Å². The van der Waals surface area contributed by atoms with Crippen LogP contribution in [0, 0.1) is 0 Å². The quantitative estimate of drug-likeness (QED) is 0.109. The molecule has 12 aromatic carbocycles. The van der Waals surface area contributed by atoms with E-state index >= 15 is 0 Å². The molecule has 304 valence electrons. The normalized spacial score (nSPS) is 11.4. The summed E-state index contributed by atoms with van der Waals surface area (Å²) in [7, 11) is 0. The fourth-order valence-electron chi connectivity index (χ4n) is 10.1. The minimum atomic E-state index is 1.10. The highest BCUT2D eigenvalue weighted by Gasteiger charge is 2.26. The third-order valence-electron chi connectivity index (χ3n) is 13.0. The molecule has 12 rings (SSSR count). The lowest BCUT2D eigenvalue weighted by atomic mass is 9.82. The number of para-hydroxylation sites is 2. The Morgan fingerprint density at radius 2 is 0.477 bits per heavy atom. The van der Waals surface area contributed by atoms with Crippen LogP contribution in [0.1, 0.15) is 0 Å². The maximum absolute atomic E-state index is 2.52. The monoisotopic (exact) mass is 825 g/mol. The van der Waals surface area contributed by atoms with Crippen LogP contribution >= 0.6 is 0 Å². The molecule has 12 aromatic rings. The van der Waals surface area contributed by atoms with Crippen LogP contribution in [0.3, 0.4) is 0 Å². The lowest BCUT2D eigenvalue weighted by molar-refractivity contribution is 1.30. The van der Waals surface area contributed by atoms with Crippen molar-refractivity contribution in [1.29, 1.82) is 0 Å². The highest BCUT2D eigenvalue weighted by Crippen LogP contribution is 2.52. The van der Waals surface area contributed by atoms with Crippen molar-refractivity contribution in [2.24, 2.45) is 0 Å². The first kappa shape index (κ1) is 38.2. The Kier molecular flexibility index (Phi) is 9.58. The van der Waals surface area contributed by atoms with E-state index in [4.69, 9.17) is 0 Å². The summed E-state index contributed by atoms with van der Waals surface area (Å²) in [5.41, 5.74) is 15.4. The van der Waals surface area contributed by atoms with Gasteiger partial charge in [0.05, 0.1) is 5.69 Å². The first-order chi connectivity index (χ1) is 32.3.